The van der Waals surface area contributed by atoms with Gasteiger partial charge >= 0.3 is 6.18 Å². The fraction of sp³-hybridized carbons (Fsp3) is 0.533. The predicted molar refractivity (Wildman–Crippen MR) is 83.7 cm³/mol. The lowest BCUT2D eigenvalue weighted by atomic mass is 9.91. The number of alkyl halides is 3. The van der Waals surface area contributed by atoms with Gasteiger partial charge in [-0.15, -0.1) is 0 Å². The standard InChI is InChI=1S/C15H18ClF4N3O/c16-11-5-10(14(21)24)12(17)6-13(11)23-9-3-1-8(2-4-9)22-7-15(18,19)20/h5-6,8-9,22-23H,1-4,7H2,(H2,21,24)/t8-,9-. The Bertz CT molecular complexity index is 601. The summed E-state index contributed by atoms with van der Waals surface area (Å²) in [4.78, 5) is 11.1. The van der Waals surface area contributed by atoms with Crippen molar-refractivity contribution in [1.82, 2.24) is 5.32 Å². The Morgan fingerprint density at radius 2 is 1.79 bits per heavy atom. The molecule has 1 aromatic carbocycles. The molecule has 0 radical (unpaired) electrons. The van der Waals surface area contributed by atoms with Crippen LogP contribution >= 0.6 is 11.6 Å². The molecule has 1 aromatic rings. The Kier molecular flexibility index (Phi) is 5.92. The predicted octanol–water partition coefficient (Wildman–Crippen LogP) is 3.45. The van der Waals surface area contributed by atoms with Crippen LogP contribution in [0.4, 0.5) is 23.2 Å². The van der Waals surface area contributed by atoms with Crippen LogP contribution in [0.2, 0.25) is 5.02 Å². The minimum atomic E-state index is -4.22. The maximum atomic E-state index is 13.8. The number of hydrogen-bond donors (Lipinski definition) is 3. The van der Waals surface area contributed by atoms with Gasteiger partial charge in [0.1, 0.15) is 5.82 Å². The summed E-state index contributed by atoms with van der Waals surface area (Å²) < 4.78 is 50.4. The highest BCUT2D eigenvalue weighted by Gasteiger charge is 2.29. The molecule has 0 spiro atoms. The van der Waals surface area contributed by atoms with Crippen LogP contribution < -0.4 is 16.4 Å². The number of carbonyl (C=O) groups is 1. The molecule has 1 fully saturated rings. The summed E-state index contributed by atoms with van der Waals surface area (Å²) in [5.41, 5.74) is 5.10. The molecule has 0 heterocycles. The zero-order valence-electron chi connectivity index (χ0n) is 12.7. The van der Waals surface area contributed by atoms with Gasteiger partial charge in [-0.1, -0.05) is 11.6 Å². The van der Waals surface area contributed by atoms with Crippen molar-refractivity contribution in [3.63, 3.8) is 0 Å². The first kappa shape index (κ1) is 18.8. The number of carbonyl (C=O) groups excluding carboxylic acids is 1. The molecule has 24 heavy (non-hydrogen) atoms. The van der Waals surface area contributed by atoms with Crippen LogP contribution in [-0.2, 0) is 0 Å². The van der Waals surface area contributed by atoms with E-state index in [0.717, 1.165) is 12.1 Å². The lowest BCUT2D eigenvalue weighted by Crippen LogP contribution is -2.41. The van der Waals surface area contributed by atoms with Crippen molar-refractivity contribution in [3.05, 3.63) is 28.5 Å². The number of nitrogens with one attached hydrogen (secondary N) is 2. The van der Waals surface area contributed by atoms with E-state index in [1.807, 2.05) is 0 Å². The molecule has 0 aliphatic heterocycles. The monoisotopic (exact) mass is 367 g/mol. The topological polar surface area (TPSA) is 67.2 Å². The van der Waals surface area contributed by atoms with Crippen molar-refractivity contribution in [3.8, 4) is 0 Å². The summed E-state index contributed by atoms with van der Waals surface area (Å²) in [5, 5.41) is 5.74. The number of rotatable bonds is 5. The number of amides is 1. The molecule has 4 N–H and O–H groups in total. The minimum Gasteiger partial charge on any atom is -0.381 e. The molecule has 0 aromatic heterocycles. The fourth-order valence-electron chi connectivity index (χ4n) is 2.77. The quantitative estimate of drug-likeness (QED) is 0.698. The Morgan fingerprint density at radius 3 is 2.33 bits per heavy atom. The van der Waals surface area contributed by atoms with E-state index >= 15 is 0 Å². The van der Waals surface area contributed by atoms with Crippen molar-refractivity contribution in [2.45, 2.75) is 43.9 Å². The van der Waals surface area contributed by atoms with E-state index in [9.17, 15) is 22.4 Å². The largest absolute Gasteiger partial charge is 0.401 e. The van der Waals surface area contributed by atoms with E-state index in [4.69, 9.17) is 17.3 Å². The van der Waals surface area contributed by atoms with Crippen LogP contribution in [0.15, 0.2) is 12.1 Å². The maximum Gasteiger partial charge on any atom is 0.401 e. The third-order valence-electron chi connectivity index (χ3n) is 4.00. The molecular weight excluding hydrogens is 350 g/mol. The highest BCUT2D eigenvalue weighted by molar-refractivity contribution is 6.33. The summed E-state index contributed by atoms with van der Waals surface area (Å²) in [6.07, 6.45) is -1.81. The van der Waals surface area contributed by atoms with Crippen LogP contribution in [0.1, 0.15) is 36.0 Å². The Hall–Kier alpha value is -1.54. The number of hydrogen-bond acceptors (Lipinski definition) is 3. The first-order chi connectivity index (χ1) is 11.2. The maximum absolute atomic E-state index is 13.8. The number of anilines is 1. The van der Waals surface area contributed by atoms with Crippen LogP contribution in [-0.4, -0.2) is 30.7 Å². The fourth-order valence-corrected chi connectivity index (χ4v) is 2.99. The zero-order chi connectivity index (χ0) is 17.9. The molecule has 0 saturated heterocycles. The minimum absolute atomic E-state index is 0.0229. The summed E-state index contributed by atoms with van der Waals surface area (Å²) in [7, 11) is 0. The van der Waals surface area contributed by atoms with Gasteiger partial charge in [0, 0.05) is 12.1 Å². The van der Waals surface area contributed by atoms with Gasteiger partial charge in [0.15, 0.2) is 0 Å². The molecule has 1 amide bonds. The van der Waals surface area contributed by atoms with Gasteiger partial charge in [-0.25, -0.2) is 4.39 Å². The molecule has 2 rings (SSSR count). The molecule has 1 aliphatic rings. The van der Waals surface area contributed by atoms with Gasteiger partial charge in [-0.2, -0.15) is 13.2 Å². The summed E-state index contributed by atoms with van der Waals surface area (Å²) in [6, 6.07) is 2.06. The average molecular weight is 368 g/mol. The van der Waals surface area contributed by atoms with Crippen molar-refractivity contribution in [1.29, 1.82) is 0 Å². The summed E-state index contributed by atoms with van der Waals surface area (Å²) in [5.74, 6) is -1.67. The molecule has 4 nitrogen and oxygen atoms in total. The van der Waals surface area contributed by atoms with E-state index in [0.29, 0.717) is 31.4 Å². The van der Waals surface area contributed by atoms with Crippen molar-refractivity contribution in [2.75, 3.05) is 11.9 Å². The first-order valence-electron chi connectivity index (χ1n) is 7.51. The van der Waals surface area contributed by atoms with E-state index in [1.165, 1.54) is 0 Å². The van der Waals surface area contributed by atoms with Gasteiger partial charge in [-0.05, 0) is 37.8 Å². The Morgan fingerprint density at radius 1 is 1.21 bits per heavy atom. The zero-order valence-corrected chi connectivity index (χ0v) is 13.5. The number of primary amides is 1. The second-order valence-corrected chi connectivity index (χ2v) is 6.27. The van der Waals surface area contributed by atoms with E-state index in [1.54, 1.807) is 0 Å². The van der Waals surface area contributed by atoms with Crippen LogP contribution in [0, 0.1) is 5.82 Å². The Labute approximate surface area is 141 Å². The average Bonchev–Trinajstić information content (AvgIpc) is 2.49. The number of nitrogens with two attached hydrogens (primary N) is 1. The lowest BCUT2D eigenvalue weighted by molar-refractivity contribution is -0.126. The van der Waals surface area contributed by atoms with Gasteiger partial charge in [0.2, 0.25) is 0 Å². The first-order valence-corrected chi connectivity index (χ1v) is 7.89. The molecule has 0 bridgehead atoms. The van der Waals surface area contributed by atoms with Crippen molar-refractivity contribution in [2.24, 2.45) is 5.73 Å². The van der Waals surface area contributed by atoms with E-state index < -0.39 is 24.4 Å². The number of benzene rings is 1. The van der Waals surface area contributed by atoms with Gasteiger partial charge in [0.05, 0.1) is 22.8 Å². The molecule has 0 atom stereocenters. The van der Waals surface area contributed by atoms with E-state index in [2.05, 4.69) is 10.6 Å². The summed E-state index contributed by atoms with van der Waals surface area (Å²) in [6.45, 7) is -0.999. The third-order valence-corrected chi connectivity index (χ3v) is 4.31. The second kappa shape index (κ2) is 7.57. The molecule has 0 unspecified atom stereocenters. The molecule has 9 heteroatoms. The van der Waals surface area contributed by atoms with Crippen molar-refractivity contribution >= 4 is 23.2 Å². The normalized spacial score (nSPS) is 21.5. The highest BCUT2D eigenvalue weighted by Crippen LogP contribution is 2.29. The molecular formula is C15H18ClF4N3O. The van der Waals surface area contributed by atoms with Crippen LogP contribution in [0.25, 0.3) is 0 Å². The van der Waals surface area contributed by atoms with Crippen molar-refractivity contribution < 1.29 is 22.4 Å². The second-order valence-electron chi connectivity index (χ2n) is 5.87. The molecule has 134 valence electrons. The number of halogens is 5. The Balaban J connectivity index is 1.90. The van der Waals surface area contributed by atoms with Crippen LogP contribution in [0.3, 0.4) is 0 Å². The van der Waals surface area contributed by atoms with Gasteiger partial charge in [-0.3, -0.25) is 4.79 Å². The third kappa shape index (κ3) is 5.24. The van der Waals surface area contributed by atoms with Gasteiger partial charge in [0.25, 0.3) is 5.91 Å². The van der Waals surface area contributed by atoms with Crippen LogP contribution in [0.5, 0.6) is 0 Å². The molecule has 1 aliphatic carbocycles. The van der Waals surface area contributed by atoms with Gasteiger partial charge < -0.3 is 16.4 Å². The highest BCUT2D eigenvalue weighted by atomic mass is 35.5. The van der Waals surface area contributed by atoms with E-state index in [-0.39, 0.29) is 22.7 Å². The summed E-state index contributed by atoms with van der Waals surface area (Å²) >= 11 is 6.02. The SMILES string of the molecule is NC(=O)c1cc(Cl)c(N[C@H]2CC[C@H](NCC(F)(F)F)CC2)cc1F. The molecule has 1 saturated carbocycles. The lowest BCUT2D eigenvalue weighted by Gasteiger charge is -2.31. The smallest absolute Gasteiger partial charge is 0.381 e.